The van der Waals surface area contributed by atoms with Crippen molar-refractivity contribution in [2.24, 2.45) is 4.99 Å². The second-order valence-corrected chi connectivity index (χ2v) is 3.90. The maximum atomic E-state index is 5.12. The second-order valence-electron chi connectivity index (χ2n) is 2.98. The Balaban J connectivity index is 2.42. The van der Waals surface area contributed by atoms with E-state index in [9.17, 15) is 0 Å². The van der Waals surface area contributed by atoms with Gasteiger partial charge >= 0.3 is 0 Å². The quantitative estimate of drug-likeness (QED) is 0.682. The Kier molecular flexibility index (Phi) is 2.36. The molecule has 1 aliphatic rings. The third-order valence-electron chi connectivity index (χ3n) is 2.13. The molecule has 3 heteroatoms. The van der Waals surface area contributed by atoms with Gasteiger partial charge in [0, 0.05) is 10.9 Å². The van der Waals surface area contributed by atoms with Gasteiger partial charge in [0.25, 0.3) is 0 Å². The Bertz CT molecular complexity index is 360. The van der Waals surface area contributed by atoms with Crippen molar-refractivity contribution in [2.75, 3.05) is 7.11 Å². The highest BCUT2D eigenvalue weighted by molar-refractivity contribution is 9.10. The van der Waals surface area contributed by atoms with Gasteiger partial charge in [-0.25, -0.2) is 4.99 Å². The lowest BCUT2D eigenvalue weighted by atomic mass is 10.1. The van der Waals surface area contributed by atoms with Crippen molar-refractivity contribution >= 4 is 27.5 Å². The van der Waals surface area contributed by atoms with Crippen molar-refractivity contribution < 1.29 is 4.74 Å². The molecule has 1 aromatic carbocycles. The number of ether oxygens (including phenoxy) is 1. The van der Waals surface area contributed by atoms with Crippen LogP contribution in [0.3, 0.4) is 0 Å². The van der Waals surface area contributed by atoms with Crippen molar-refractivity contribution in [1.29, 1.82) is 0 Å². The van der Waals surface area contributed by atoms with E-state index in [2.05, 4.69) is 27.0 Å². The molecule has 1 aromatic rings. The van der Waals surface area contributed by atoms with Crippen molar-refractivity contribution in [2.45, 2.75) is 12.8 Å². The van der Waals surface area contributed by atoms with E-state index in [4.69, 9.17) is 4.74 Å². The summed E-state index contributed by atoms with van der Waals surface area (Å²) in [6.07, 6.45) is 1.92. The molecule has 0 spiro atoms. The third kappa shape index (κ3) is 1.75. The zero-order chi connectivity index (χ0) is 9.26. The van der Waals surface area contributed by atoms with Gasteiger partial charge in [-0.1, -0.05) is 15.9 Å². The largest absolute Gasteiger partial charge is 0.484 e. The summed E-state index contributed by atoms with van der Waals surface area (Å²) in [5, 5.41) is 0. The number of benzene rings is 1. The SMILES string of the molecule is COC1=Nc2ccc(Br)cc2CC1. The lowest BCUT2D eigenvalue weighted by Gasteiger charge is -2.14. The predicted molar refractivity (Wildman–Crippen MR) is 56.6 cm³/mol. The smallest absolute Gasteiger partial charge is 0.188 e. The van der Waals surface area contributed by atoms with E-state index >= 15 is 0 Å². The summed E-state index contributed by atoms with van der Waals surface area (Å²) >= 11 is 3.44. The zero-order valence-corrected chi connectivity index (χ0v) is 8.97. The van der Waals surface area contributed by atoms with Crippen LogP contribution in [0.2, 0.25) is 0 Å². The second kappa shape index (κ2) is 3.50. The third-order valence-corrected chi connectivity index (χ3v) is 2.62. The number of nitrogens with zero attached hydrogens (tertiary/aromatic N) is 1. The molecular formula is C10H10BrNO. The number of hydrogen-bond acceptors (Lipinski definition) is 2. The van der Waals surface area contributed by atoms with Crippen LogP contribution in [0, 0.1) is 0 Å². The van der Waals surface area contributed by atoms with Crippen molar-refractivity contribution in [1.82, 2.24) is 0 Å². The molecule has 0 bridgehead atoms. The minimum absolute atomic E-state index is 0.829. The average molecular weight is 240 g/mol. The molecule has 0 unspecified atom stereocenters. The maximum absolute atomic E-state index is 5.12. The molecule has 1 heterocycles. The predicted octanol–water partition coefficient (Wildman–Crippen LogP) is 3.07. The molecule has 0 aromatic heterocycles. The number of methoxy groups -OCH3 is 1. The first-order chi connectivity index (χ1) is 6.29. The summed E-state index contributed by atoms with van der Waals surface area (Å²) in [5.41, 5.74) is 2.32. The van der Waals surface area contributed by atoms with Crippen LogP contribution in [-0.2, 0) is 11.2 Å². The van der Waals surface area contributed by atoms with Gasteiger partial charge in [-0.2, -0.15) is 0 Å². The van der Waals surface area contributed by atoms with Gasteiger partial charge in [0.2, 0.25) is 0 Å². The van der Waals surface area contributed by atoms with Crippen LogP contribution in [0.1, 0.15) is 12.0 Å². The number of halogens is 1. The fraction of sp³-hybridized carbons (Fsp3) is 0.300. The highest BCUT2D eigenvalue weighted by Crippen LogP contribution is 2.28. The van der Waals surface area contributed by atoms with Gasteiger partial charge in [-0.15, -0.1) is 0 Å². The molecule has 0 aliphatic carbocycles. The van der Waals surface area contributed by atoms with Crippen LogP contribution in [-0.4, -0.2) is 13.0 Å². The highest BCUT2D eigenvalue weighted by Gasteiger charge is 2.11. The molecule has 0 amide bonds. The molecule has 0 atom stereocenters. The Morgan fingerprint density at radius 3 is 3.00 bits per heavy atom. The lowest BCUT2D eigenvalue weighted by molar-refractivity contribution is 0.389. The fourth-order valence-electron chi connectivity index (χ4n) is 1.44. The number of rotatable bonds is 0. The van der Waals surface area contributed by atoms with Crippen LogP contribution in [0.25, 0.3) is 0 Å². The summed E-state index contributed by atoms with van der Waals surface area (Å²) < 4.78 is 6.23. The monoisotopic (exact) mass is 239 g/mol. The first kappa shape index (κ1) is 8.75. The average Bonchev–Trinajstić information content (AvgIpc) is 2.17. The highest BCUT2D eigenvalue weighted by atomic mass is 79.9. The standard InChI is InChI=1S/C10H10BrNO/c1-13-10-5-2-7-6-8(11)3-4-9(7)12-10/h3-4,6H,2,5H2,1H3. The van der Waals surface area contributed by atoms with Gasteiger partial charge in [0.05, 0.1) is 12.8 Å². The fourth-order valence-corrected chi connectivity index (χ4v) is 1.85. The number of aliphatic imine (C=N–C) groups is 1. The van der Waals surface area contributed by atoms with Crippen molar-refractivity contribution in [3.8, 4) is 0 Å². The Morgan fingerprint density at radius 2 is 2.23 bits per heavy atom. The summed E-state index contributed by atoms with van der Waals surface area (Å²) in [6, 6.07) is 6.13. The van der Waals surface area contributed by atoms with E-state index in [-0.39, 0.29) is 0 Å². The zero-order valence-electron chi connectivity index (χ0n) is 7.38. The molecule has 2 rings (SSSR count). The minimum Gasteiger partial charge on any atom is -0.484 e. The molecule has 0 saturated carbocycles. The van der Waals surface area contributed by atoms with Crippen LogP contribution >= 0.6 is 15.9 Å². The molecule has 0 N–H and O–H groups in total. The molecule has 0 fully saturated rings. The normalized spacial score (nSPS) is 14.8. The molecule has 0 saturated heterocycles. The van der Waals surface area contributed by atoms with Crippen molar-refractivity contribution in [3.63, 3.8) is 0 Å². The Labute approximate surface area is 85.8 Å². The number of aryl methyl sites for hydroxylation is 1. The lowest BCUT2D eigenvalue weighted by Crippen LogP contribution is -2.07. The van der Waals surface area contributed by atoms with Gasteiger partial charge in [-0.3, -0.25) is 0 Å². The topological polar surface area (TPSA) is 21.6 Å². The first-order valence-corrected chi connectivity index (χ1v) is 4.99. The van der Waals surface area contributed by atoms with Gasteiger partial charge in [0.15, 0.2) is 5.90 Å². The van der Waals surface area contributed by atoms with Crippen LogP contribution in [0.15, 0.2) is 27.7 Å². The minimum atomic E-state index is 0.829. The van der Waals surface area contributed by atoms with E-state index in [0.717, 1.165) is 28.9 Å². The van der Waals surface area contributed by atoms with E-state index < -0.39 is 0 Å². The molecule has 0 radical (unpaired) electrons. The van der Waals surface area contributed by atoms with Gasteiger partial charge in [-0.05, 0) is 30.2 Å². The maximum Gasteiger partial charge on any atom is 0.188 e. The summed E-state index contributed by atoms with van der Waals surface area (Å²) in [6.45, 7) is 0. The van der Waals surface area contributed by atoms with Gasteiger partial charge in [0.1, 0.15) is 0 Å². The Hall–Kier alpha value is -0.830. The Morgan fingerprint density at radius 1 is 1.38 bits per heavy atom. The van der Waals surface area contributed by atoms with Crippen molar-refractivity contribution in [3.05, 3.63) is 28.2 Å². The molecule has 2 nitrogen and oxygen atoms in total. The van der Waals surface area contributed by atoms with E-state index in [1.54, 1.807) is 7.11 Å². The molecular weight excluding hydrogens is 230 g/mol. The number of hydrogen-bond donors (Lipinski definition) is 0. The van der Waals surface area contributed by atoms with E-state index in [1.807, 2.05) is 12.1 Å². The van der Waals surface area contributed by atoms with Gasteiger partial charge < -0.3 is 4.74 Å². The molecule has 68 valence electrons. The first-order valence-electron chi connectivity index (χ1n) is 4.19. The molecule has 1 aliphatic heterocycles. The summed E-state index contributed by atoms with van der Waals surface area (Å²) in [7, 11) is 1.67. The van der Waals surface area contributed by atoms with Crippen LogP contribution in [0.5, 0.6) is 0 Å². The van der Waals surface area contributed by atoms with E-state index in [0.29, 0.717) is 0 Å². The summed E-state index contributed by atoms with van der Waals surface area (Å²) in [5.74, 6) is 0.829. The summed E-state index contributed by atoms with van der Waals surface area (Å²) in [4.78, 5) is 4.38. The van der Waals surface area contributed by atoms with Crippen LogP contribution in [0.4, 0.5) is 5.69 Å². The van der Waals surface area contributed by atoms with E-state index in [1.165, 1.54) is 5.56 Å². The number of fused-ring (bicyclic) bond motifs is 1. The molecule has 13 heavy (non-hydrogen) atoms. The van der Waals surface area contributed by atoms with Crippen LogP contribution < -0.4 is 0 Å².